The molecule has 2 heterocycles. The van der Waals surface area contributed by atoms with Crippen molar-refractivity contribution in [3.8, 4) is 11.3 Å². The van der Waals surface area contributed by atoms with E-state index in [0.717, 1.165) is 40.9 Å². The van der Waals surface area contributed by atoms with Crippen molar-refractivity contribution in [2.75, 3.05) is 7.05 Å². The van der Waals surface area contributed by atoms with E-state index in [4.69, 9.17) is 0 Å². The second-order valence-electron chi connectivity index (χ2n) is 8.17. The van der Waals surface area contributed by atoms with Crippen molar-refractivity contribution in [3.05, 3.63) is 64.5 Å². The molecule has 9 heteroatoms. The van der Waals surface area contributed by atoms with Crippen LogP contribution >= 0.6 is 11.3 Å². The Labute approximate surface area is 202 Å². The number of aryl methyl sites for hydroxylation is 1. The van der Waals surface area contributed by atoms with Crippen LogP contribution in [0.3, 0.4) is 0 Å². The van der Waals surface area contributed by atoms with E-state index in [1.165, 1.54) is 16.7 Å². The Bertz CT molecular complexity index is 1280. The van der Waals surface area contributed by atoms with Crippen LogP contribution in [0.2, 0.25) is 0 Å². The first-order valence-electron chi connectivity index (χ1n) is 11.4. The van der Waals surface area contributed by atoms with Gasteiger partial charge in [0.15, 0.2) is 0 Å². The van der Waals surface area contributed by atoms with Crippen LogP contribution in [0.4, 0.5) is 0 Å². The number of aromatic amines is 1. The Balaban J connectivity index is 1.49. The number of imidazole rings is 1. The van der Waals surface area contributed by atoms with Crippen molar-refractivity contribution in [1.82, 2.24) is 30.8 Å². The van der Waals surface area contributed by atoms with Gasteiger partial charge in [-0.15, -0.1) is 10.2 Å². The first kappa shape index (κ1) is 23.6. The summed E-state index contributed by atoms with van der Waals surface area (Å²) >= 11 is 1.26. The fourth-order valence-electron chi connectivity index (χ4n) is 3.84. The van der Waals surface area contributed by atoms with Crippen molar-refractivity contribution < 1.29 is 9.59 Å². The number of hydrogen-bond donors (Lipinski definition) is 3. The lowest BCUT2D eigenvalue weighted by atomic mass is 10.1. The van der Waals surface area contributed by atoms with E-state index in [2.05, 4.69) is 61.1 Å². The van der Waals surface area contributed by atoms with Crippen LogP contribution < -0.4 is 10.6 Å². The van der Waals surface area contributed by atoms with Crippen molar-refractivity contribution in [2.45, 2.75) is 45.1 Å². The molecule has 0 aliphatic rings. The third-order valence-corrected chi connectivity index (χ3v) is 6.52. The Kier molecular flexibility index (Phi) is 7.64. The highest BCUT2D eigenvalue weighted by atomic mass is 32.1. The number of amides is 2. The monoisotopic (exact) mass is 476 g/mol. The predicted octanol–water partition coefficient (Wildman–Crippen LogP) is 4.56. The minimum Gasteiger partial charge on any atom is -0.359 e. The molecule has 0 radical (unpaired) electrons. The summed E-state index contributed by atoms with van der Waals surface area (Å²) in [6.45, 7) is 1.82. The average Bonchev–Trinajstić information content (AvgIpc) is 3.52. The van der Waals surface area contributed by atoms with Gasteiger partial charge in [-0.3, -0.25) is 9.59 Å². The first-order chi connectivity index (χ1) is 16.5. The molecule has 176 valence electrons. The number of carbonyl (C=O) groups excluding carboxylic acids is 2. The average molecular weight is 477 g/mol. The molecule has 34 heavy (non-hydrogen) atoms. The standard InChI is InChI=1S/C25H28N6O2S/c1-16-30-31-25(34-16)24(33)29-20(10-4-3-5-11-22(32)26-2)23-27-15-21(28-23)19-13-12-17-8-6-7-9-18(17)14-19/h6-9,12-15,20H,3-5,10-11H2,1-2H3,(H,26,32)(H,27,28)(H,29,33)/t20-/m0/s1. The Morgan fingerprint density at radius 3 is 2.65 bits per heavy atom. The van der Waals surface area contributed by atoms with Gasteiger partial charge < -0.3 is 15.6 Å². The molecule has 3 N–H and O–H groups in total. The molecule has 0 aliphatic carbocycles. The van der Waals surface area contributed by atoms with Crippen LogP contribution in [0.25, 0.3) is 22.0 Å². The third-order valence-electron chi connectivity index (χ3n) is 5.69. The summed E-state index contributed by atoms with van der Waals surface area (Å²) in [5, 5.41) is 17.0. The normalized spacial score (nSPS) is 11.9. The lowest BCUT2D eigenvalue weighted by Gasteiger charge is -2.16. The van der Waals surface area contributed by atoms with Gasteiger partial charge >= 0.3 is 0 Å². The smallest absolute Gasteiger partial charge is 0.282 e. The second kappa shape index (κ2) is 11.0. The third kappa shape index (κ3) is 5.85. The summed E-state index contributed by atoms with van der Waals surface area (Å²) in [4.78, 5) is 32.2. The van der Waals surface area contributed by atoms with Crippen LogP contribution in [-0.2, 0) is 4.79 Å². The van der Waals surface area contributed by atoms with E-state index < -0.39 is 0 Å². The molecular formula is C25H28N6O2S. The maximum Gasteiger partial charge on any atom is 0.282 e. The molecule has 0 bridgehead atoms. The maximum absolute atomic E-state index is 12.8. The van der Waals surface area contributed by atoms with E-state index in [1.807, 2.05) is 19.1 Å². The first-order valence-corrected chi connectivity index (χ1v) is 12.2. The van der Waals surface area contributed by atoms with Gasteiger partial charge in [0.2, 0.25) is 10.9 Å². The minimum absolute atomic E-state index is 0.0440. The molecule has 0 fully saturated rings. The Morgan fingerprint density at radius 1 is 1.06 bits per heavy atom. The van der Waals surface area contributed by atoms with E-state index in [-0.39, 0.29) is 17.9 Å². The molecule has 8 nitrogen and oxygen atoms in total. The molecule has 0 aliphatic heterocycles. The minimum atomic E-state index is -0.300. The van der Waals surface area contributed by atoms with Crippen molar-refractivity contribution in [3.63, 3.8) is 0 Å². The molecule has 2 aromatic carbocycles. The highest BCUT2D eigenvalue weighted by molar-refractivity contribution is 7.13. The molecule has 2 aromatic heterocycles. The zero-order chi connectivity index (χ0) is 23.9. The number of unbranched alkanes of at least 4 members (excludes halogenated alkanes) is 2. The van der Waals surface area contributed by atoms with Crippen LogP contribution in [0.5, 0.6) is 0 Å². The largest absolute Gasteiger partial charge is 0.359 e. The van der Waals surface area contributed by atoms with Gasteiger partial charge in [-0.1, -0.05) is 60.6 Å². The van der Waals surface area contributed by atoms with Gasteiger partial charge in [0.05, 0.1) is 17.9 Å². The molecule has 4 aromatic rings. The van der Waals surface area contributed by atoms with E-state index in [0.29, 0.717) is 23.7 Å². The lowest BCUT2D eigenvalue weighted by molar-refractivity contribution is -0.120. The van der Waals surface area contributed by atoms with E-state index in [9.17, 15) is 9.59 Å². The van der Waals surface area contributed by atoms with Crippen LogP contribution in [0.15, 0.2) is 48.7 Å². The predicted molar refractivity (Wildman–Crippen MR) is 134 cm³/mol. The molecule has 0 saturated carbocycles. The topological polar surface area (TPSA) is 113 Å². The zero-order valence-electron chi connectivity index (χ0n) is 19.3. The molecule has 1 atom stereocenters. The van der Waals surface area contributed by atoms with Crippen molar-refractivity contribution >= 4 is 33.9 Å². The molecule has 0 saturated heterocycles. The van der Waals surface area contributed by atoms with E-state index in [1.54, 1.807) is 13.2 Å². The summed E-state index contributed by atoms with van der Waals surface area (Å²) in [6.07, 6.45) is 5.54. The number of carbonyl (C=O) groups is 2. The summed E-state index contributed by atoms with van der Waals surface area (Å²) in [7, 11) is 1.65. The van der Waals surface area contributed by atoms with Gasteiger partial charge in [0.25, 0.3) is 5.91 Å². The van der Waals surface area contributed by atoms with E-state index >= 15 is 0 Å². The SMILES string of the molecule is CNC(=O)CCCCC[C@H](NC(=O)c1nnc(C)s1)c1ncc(-c2ccc3ccccc3c2)[nH]1. The number of rotatable bonds is 10. The Morgan fingerprint density at radius 2 is 1.88 bits per heavy atom. The molecular weight excluding hydrogens is 448 g/mol. The van der Waals surface area contributed by atoms with Gasteiger partial charge in [-0.2, -0.15) is 0 Å². The van der Waals surface area contributed by atoms with Gasteiger partial charge in [0, 0.05) is 19.0 Å². The number of nitrogens with one attached hydrogen (secondary N) is 3. The van der Waals surface area contributed by atoms with Crippen molar-refractivity contribution in [1.29, 1.82) is 0 Å². The molecule has 0 spiro atoms. The number of H-pyrrole nitrogens is 1. The summed E-state index contributed by atoms with van der Waals surface area (Å²) < 4.78 is 0. The second-order valence-corrected chi connectivity index (χ2v) is 9.35. The fourth-order valence-corrected chi connectivity index (χ4v) is 4.43. The highest BCUT2D eigenvalue weighted by Gasteiger charge is 2.21. The molecule has 4 rings (SSSR count). The molecule has 0 unspecified atom stereocenters. The summed E-state index contributed by atoms with van der Waals surface area (Å²) in [6, 6.07) is 14.2. The number of hydrogen-bond acceptors (Lipinski definition) is 6. The highest BCUT2D eigenvalue weighted by Crippen LogP contribution is 2.26. The van der Waals surface area contributed by atoms with Gasteiger partial charge in [-0.05, 0) is 36.6 Å². The quantitative estimate of drug-likeness (QED) is 0.291. The maximum atomic E-state index is 12.8. The number of benzene rings is 2. The molecule has 2 amide bonds. The van der Waals surface area contributed by atoms with Crippen LogP contribution in [0.1, 0.15) is 58.8 Å². The Hall–Kier alpha value is -3.59. The zero-order valence-corrected chi connectivity index (χ0v) is 20.1. The number of nitrogens with zero attached hydrogens (tertiary/aromatic N) is 3. The summed E-state index contributed by atoms with van der Waals surface area (Å²) in [5.41, 5.74) is 1.93. The number of aromatic nitrogens is 4. The fraction of sp³-hybridized carbons (Fsp3) is 0.320. The van der Waals surface area contributed by atoms with Crippen LogP contribution in [0, 0.1) is 6.92 Å². The van der Waals surface area contributed by atoms with Crippen molar-refractivity contribution in [2.24, 2.45) is 0 Å². The lowest BCUT2D eigenvalue weighted by Crippen LogP contribution is -2.29. The van der Waals surface area contributed by atoms with Gasteiger partial charge in [-0.25, -0.2) is 4.98 Å². The number of fused-ring (bicyclic) bond motifs is 1. The summed E-state index contributed by atoms with van der Waals surface area (Å²) in [5.74, 6) is 0.483. The van der Waals surface area contributed by atoms with Gasteiger partial charge in [0.1, 0.15) is 10.8 Å². The van der Waals surface area contributed by atoms with Crippen LogP contribution in [-0.4, -0.2) is 39.0 Å².